The van der Waals surface area contributed by atoms with Gasteiger partial charge in [0.15, 0.2) is 0 Å². The first-order valence-electron chi connectivity index (χ1n) is 9.80. The molecular formula is C21H23N9. The number of aromatic nitrogens is 5. The van der Waals surface area contributed by atoms with Crippen molar-refractivity contribution in [1.82, 2.24) is 29.8 Å². The van der Waals surface area contributed by atoms with Crippen LogP contribution in [0.4, 0.5) is 17.5 Å². The Hall–Kier alpha value is -3.64. The molecule has 0 aliphatic carbocycles. The fraction of sp³-hybridized carbons (Fsp3) is 0.333. The van der Waals surface area contributed by atoms with Crippen LogP contribution in [0.2, 0.25) is 0 Å². The highest BCUT2D eigenvalue weighted by atomic mass is 15.2. The van der Waals surface area contributed by atoms with E-state index in [1.165, 1.54) is 0 Å². The third kappa shape index (κ3) is 4.50. The van der Waals surface area contributed by atoms with Crippen LogP contribution >= 0.6 is 0 Å². The Morgan fingerprint density at radius 1 is 1.07 bits per heavy atom. The van der Waals surface area contributed by atoms with E-state index in [2.05, 4.69) is 35.1 Å². The van der Waals surface area contributed by atoms with Gasteiger partial charge in [-0.2, -0.15) is 5.26 Å². The van der Waals surface area contributed by atoms with E-state index in [0.717, 1.165) is 42.9 Å². The second-order valence-electron chi connectivity index (χ2n) is 7.41. The van der Waals surface area contributed by atoms with E-state index in [0.29, 0.717) is 17.5 Å². The molecular weight excluding hydrogens is 378 g/mol. The van der Waals surface area contributed by atoms with Gasteiger partial charge in [0.25, 0.3) is 0 Å². The Bertz CT molecular complexity index is 1010. The van der Waals surface area contributed by atoms with Gasteiger partial charge in [-0.3, -0.25) is 9.88 Å². The molecule has 1 fully saturated rings. The highest BCUT2D eigenvalue weighted by molar-refractivity contribution is 5.54. The summed E-state index contributed by atoms with van der Waals surface area (Å²) in [6, 6.07) is 5.69. The Morgan fingerprint density at radius 2 is 1.90 bits per heavy atom. The van der Waals surface area contributed by atoms with Gasteiger partial charge in [0.2, 0.25) is 5.95 Å². The number of pyridine rings is 1. The number of nitrogens with zero attached hydrogens (tertiary/aromatic N) is 8. The number of hydrogen-bond acceptors (Lipinski definition) is 9. The highest BCUT2D eigenvalue weighted by Gasteiger charge is 2.27. The lowest BCUT2D eigenvalue weighted by molar-refractivity contribution is 0.243. The summed E-state index contributed by atoms with van der Waals surface area (Å²) in [5.74, 6) is 1.35. The van der Waals surface area contributed by atoms with E-state index >= 15 is 0 Å². The van der Waals surface area contributed by atoms with Crippen molar-refractivity contribution in [1.29, 1.82) is 5.26 Å². The van der Waals surface area contributed by atoms with Crippen LogP contribution in [-0.2, 0) is 6.54 Å². The smallest absolute Gasteiger partial charge is 0.224 e. The fourth-order valence-corrected chi connectivity index (χ4v) is 3.50. The number of anilines is 3. The van der Waals surface area contributed by atoms with Crippen molar-refractivity contribution in [3.63, 3.8) is 0 Å². The second-order valence-corrected chi connectivity index (χ2v) is 7.41. The van der Waals surface area contributed by atoms with Crippen LogP contribution in [0.25, 0.3) is 0 Å². The summed E-state index contributed by atoms with van der Waals surface area (Å²) in [6.07, 6.45) is 11.1. The quantitative estimate of drug-likeness (QED) is 0.667. The molecule has 1 unspecified atom stereocenters. The molecule has 9 nitrogen and oxygen atoms in total. The molecule has 1 aliphatic heterocycles. The van der Waals surface area contributed by atoms with Crippen molar-refractivity contribution >= 4 is 17.5 Å². The molecule has 4 heterocycles. The van der Waals surface area contributed by atoms with Gasteiger partial charge in [0.1, 0.15) is 17.6 Å². The molecule has 1 aliphatic rings. The van der Waals surface area contributed by atoms with Crippen molar-refractivity contribution in [2.75, 3.05) is 30.9 Å². The Balaban J connectivity index is 1.41. The first-order valence-corrected chi connectivity index (χ1v) is 9.80. The van der Waals surface area contributed by atoms with Crippen LogP contribution in [-0.4, -0.2) is 50.5 Å². The summed E-state index contributed by atoms with van der Waals surface area (Å²) in [6.45, 7) is 1.80. The van der Waals surface area contributed by atoms with Crippen molar-refractivity contribution in [3.05, 3.63) is 60.1 Å². The predicted octanol–water partition coefficient (Wildman–Crippen LogP) is 2.68. The molecule has 0 aromatic carbocycles. The van der Waals surface area contributed by atoms with Crippen molar-refractivity contribution in [2.24, 2.45) is 0 Å². The zero-order valence-electron chi connectivity index (χ0n) is 17.0. The van der Waals surface area contributed by atoms with Crippen LogP contribution in [0.15, 0.2) is 43.1 Å². The minimum atomic E-state index is 0.233. The van der Waals surface area contributed by atoms with Crippen LogP contribution < -0.4 is 10.2 Å². The number of likely N-dealkylation sites (tertiary alicyclic amines) is 1. The lowest BCUT2D eigenvalue weighted by atomic mass is 10.1. The number of hydrogen-bond donors (Lipinski definition) is 1. The average molecular weight is 401 g/mol. The minimum absolute atomic E-state index is 0.233. The monoisotopic (exact) mass is 401 g/mol. The second kappa shape index (κ2) is 8.80. The van der Waals surface area contributed by atoms with Crippen LogP contribution in [0.5, 0.6) is 0 Å². The molecule has 0 bridgehead atoms. The molecule has 4 rings (SSSR count). The van der Waals surface area contributed by atoms with E-state index in [4.69, 9.17) is 5.26 Å². The SMILES string of the molecule is CN(C)c1ncc(CN2CCCC2c2cnc(Nc3ccc(C#N)nc3)cn2)cn1. The first-order chi connectivity index (χ1) is 14.6. The lowest BCUT2D eigenvalue weighted by Crippen LogP contribution is -2.24. The molecule has 0 spiro atoms. The van der Waals surface area contributed by atoms with E-state index in [9.17, 15) is 0 Å². The van der Waals surface area contributed by atoms with Gasteiger partial charge >= 0.3 is 0 Å². The average Bonchev–Trinajstić information content (AvgIpc) is 3.23. The Labute approximate surface area is 175 Å². The summed E-state index contributed by atoms with van der Waals surface area (Å²) in [7, 11) is 3.86. The van der Waals surface area contributed by atoms with Gasteiger partial charge in [0, 0.05) is 38.6 Å². The van der Waals surface area contributed by atoms with Gasteiger partial charge in [-0.15, -0.1) is 0 Å². The molecule has 1 saturated heterocycles. The maximum absolute atomic E-state index is 8.83. The number of nitriles is 1. The summed E-state index contributed by atoms with van der Waals surface area (Å²) in [4.78, 5) is 26.3. The van der Waals surface area contributed by atoms with Crippen molar-refractivity contribution < 1.29 is 0 Å². The standard InChI is InChI=1S/C21H23N9/c1-29(2)21-26-9-15(10-27-21)14-30-7-3-4-19(30)18-12-25-20(13-24-18)28-17-6-5-16(8-22)23-11-17/h5-6,9-13,19H,3-4,7,14H2,1-2H3,(H,25,28). The summed E-state index contributed by atoms with van der Waals surface area (Å²) in [5, 5.41) is 12.0. The molecule has 30 heavy (non-hydrogen) atoms. The number of nitrogens with one attached hydrogen (secondary N) is 1. The van der Waals surface area contributed by atoms with E-state index in [1.807, 2.05) is 43.7 Å². The van der Waals surface area contributed by atoms with Gasteiger partial charge < -0.3 is 10.2 Å². The van der Waals surface area contributed by atoms with Crippen LogP contribution in [0.3, 0.4) is 0 Å². The summed E-state index contributed by atoms with van der Waals surface area (Å²) >= 11 is 0. The molecule has 1 atom stereocenters. The topological polar surface area (TPSA) is 107 Å². The van der Waals surface area contributed by atoms with Gasteiger partial charge in [0.05, 0.1) is 36.0 Å². The van der Waals surface area contributed by atoms with Gasteiger partial charge in [-0.05, 0) is 31.5 Å². The maximum atomic E-state index is 8.83. The largest absolute Gasteiger partial charge is 0.347 e. The highest BCUT2D eigenvalue weighted by Crippen LogP contribution is 2.32. The van der Waals surface area contributed by atoms with E-state index in [-0.39, 0.29) is 6.04 Å². The molecule has 3 aromatic heterocycles. The van der Waals surface area contributed by atoms with Gasteiger partial charge in [-0.1, -0.05) is 0 Å². The third-order valence-corrected chi connectivity index (χ3v) is 5.00. The van der Waals surface area contributed by atoms with Crippen molar-refractivity contribution in [3.8, 4) is 6.07 Å². The maximum Gasteiger partial charge on any atom is 0.224 e. The third-order valence-electron chi connectivity index (χ3n) is 5.00. The summed E-state index contributed by atoms with van der Waals surface area (Å²) < 4.78 is 0. The van der Waals surface area contributed by atoms with Crippen molar-refractivity contribution in [2.45, 2.75) is 25.4 Å². The molecule has 0 radical (unpaired) electrons. The van der Waals surface area contributed by atoms with Gasteiger partial charge in [-0.25, -0.2) is 19.9 Å². The normalized spacial score (nSPS) is 16.2. The fourth-order valence-electron chi connectivity index (χ4n) is 3.50. The predicted molar refractivity (Wildman–Crippen MR) is 113 cm³/mol. The molecule has 9 heteroatoms. The minimum Gasteiger partial charge on any atom is -0.347 e. The Kier molecular flexibility index (Phi) is 5.77. The summed E-state index contributed by atoms with van der Waals surface area (Å²) in [5.41, 5.74) is 3.19. The number of rotatable bonds is 6. The first kappa shape index (κ1) is 19.7. The van der Waals surface area contributed by atoms with Crippen LogP contribution in [0.1, 0.15) is 35.8 Å². The lowest BCUT2D eigenvalue weighted by Gasteiger charge is -2.24. The molecule has 1 N–H and O–H groups in total. The van der Waals surface area contributed by atoms with E-state index in [1.54, 1.807) is 24.5 Å². The molecule has 0 saturated carbocycles. The van der Waals surface area contributed by atoms with Crippen LogP contribution in [0, 0.1) is 11.3 Å². The van der Waals surface area contributed by atoms with E-state index < -0.39 is 0 Å². The molecule has 3 aromatic rings. The molecule has 0 amide bonds. The molecule has 152 valence electrons. The Morgan fingerprint density at radius 3 is 2.53 bits per heavy atom. The zero-order valence-corrected chi connectivity index (χ0v) is 17.0. The zero-order chi connectivity index (χ0) is 20.9.